The second-order valence-electron chi connectivity index (χ2n) is 8.32. The van der Waals surface area contributed by atoms with Gasteiger partial charge in [-0.25, -0.2) is 4.98 Å². The lowest BCUT2D eigenvalue weighted by Gasteiger charge is -2.31. The molecule has 0 aliphatic carbocycles. The van der Waals surface area contributed by atoms with Crippen molar-refractivity contribution in [3.8, 4) is 6.07 Å². The van der Waals surface area contributed by atoms with Crippen LogP contribution in [-0.2, 0) is 4.79 Å². The Bertz CT molecular complexity index is 908. The number of likely N-dealkylation sites (tertiary alicyclic amines) is 1. The quantitative estimate of drug-likeness (QED) is 0.660. The maximum Gasteiger partial charge on any atom is 0.240 e. The molecule has 0 bridgehead atoms. The molecule has 0 saturated carbocycles. The fourth-order valence-electron chi connectivity index (χ4n) is 4.37. The van der Waals surface area contributed by atoms with Crippen LogP contribution >= 0.6 is 11.8 Å². The molecule has 1 aromatic heterocycles. The molecule has 0 radical (unpaired) electrons. The Hall–Kier alpha value is -2.08. The van der Waals surface area contributed by atoms with Crippen LogP contribution in [0.3, 0.4) is 0 Å². The SMILES string of the molecule is N#Cc1ccc2nc(C3CCN(CCCCC(N)C(=O)N4CCSC4)CC3)[nH]c2c1. The van der Waals surface area contributed by atoms with Crippen LogP contribution in [0.25, 0.3) is 11.0 Å². The van der Waals surface area contributed by atoms with E-state index in [0.29, 0.717) is 11.5 Å². The third-order valence-electron chi connectivity index (χ3n) is 6.22. The lowest BCUT2D eigenvalue weighted by atomic mass is 9.96. The molecule has 2 saturated heterocycles. The average Bonchev–Trinajstić information content (AvgIpc) is 3.46. The number of nitriles is 1. The Morgan fingerprint density at radius 3 is 2.90 bits per heavy atom. The number of benzene rings is 1. The summed E-state index contributed by atoms with van der Waals surface area (Å²) in [4.78, 5) is 24.8. The molecule has 0 spiro atoms. The van der Waals surface area contributed by atoms with Crippen LogP contribution in [-0.4, -0.2) is 69.5 Å². The molecular formula is C22H30N6OS. The van der Waals surface area contributed by atoms with Crippen LogP contribution in [0.15, 0.2) is 18.2 Å². The monoisotopic (exact) mass is 426 g/mol. The molecule has 7 nitrogen and oxygen atoms in total. The van der Waals surface area contributed by atoms with E-state index in [1.165, 1.54) is 0 Å². The minimum absolute atomic E-state index is 0.119. The maximum absolute atomic E-state index is 12.3. The molecule has 1 atom stereocenters. The number of H-pyrrole nitrogens is 1. The first-order valence-electron chi connectivity index (χ1n) is 10.9. The zero-order chi connectivity index (χ0) is 20.9. The van der Waals surface area contributed by atoms with Crippen molar-refractivity contribution >= 4 is 28.7 Å². The lowest BCUT2D eigenvalue weighted by Crippen LogP contribution is -2.42. The van der Waals surface area contributed by atoms with E-state index >= 15 is 0 Å². The van der Waals surface area contributed by atoms with Gasteiger partial charge in [0.25, 0.3) is 0 Å². The summed E-state index contributed by atoms with van der Waals surface area (Å²) < 4.78 is 0. The van der Waals surface area contributed by atoms with E-state index in [4.69, 9.17) is 16.0 Å². The normalized spacial score (nSPS) is 19.3. The number of hydrogen-bond donors (Lipinski definition) is 2. The highest BCUT2D eigenvalue weighted by Gasteiger charge is 2.25. The largest absolute Gasteiger partial charge is 0.342 e. The summed E-state index contributed by atoms with van der Waals surface area (Å²) in [5.41, 5.74) is 8.65. The van der Waals surface area contributed by atoms with Gasteiger partial charge in [-0.15, -0.1) is 11.8 Å². The molecular weight excluding hydrogens is 396 g/mol. The van der Waals surface area contributed by atoms with Crippen molar-refractivity contribution < 1.29 is 4.79 Å². The summed E-state index contributed by atoms with van der Waals surface area (Å²) in [5, 5.41) is 9.06. The zero-order valence-corrected chi connectivity index (χ0v) is 18.2. The van der Waals surface area contributed by atoms with Gasteiger partial charge in [0.05, 0.1) is 34.6 Å². The minimum atomic E-state index is -0.343. The van der Waals surface area contributed by atoms with Gasteiger partial charge < -0.3 is 20.5 Å². The van der Waals surface area contributed by atoms with Gasteiger partial charge in [0, 0.05) is 18.2 Å². The maximum atomic E-state index is 12.3. The van der Waals surface area contributed by atoms with Gasteiger partial charge in [-0.05, 0) is 63.5 Å². The first-order chi connectivity index (χ1) is 14.6. The molecule has 30 heavy (non-hydrogen) atoms. The number of carbonyl (C=O) groups excluding carboxylic acids is 1. The molecule has 160 valence electrons. The number of piperidine rings is 1. The third-order valence-corrected chi connectivity index (χ3v) is 7.19. The van der Waals surface area contributed by atoms with Gasteiger partial charge in [0.2, 0.25) is 5.91 Å². The predicted molar refractivity (Wildman–Crippen MR) is 120 cm³/mol. The van der Waals surface area contributed by atoms with Crippen LogP contribution in [0.5, 0.6) is 0 Å². The van der Waals surface area contributed by atoms with E-state index < -0.39 is 0 Å². The topological polar surface area (TPSA) is 102 Å². The lowest BCUT2D eigenvalue weighted by molar-refractivity contribution is -0.131. The molecule has 1 amide bonds. The van der Waals surface area contributed by atoms with Crippen molar-refractivity contribution in [2.75, 3.05) is 37.8 Å². The molecule has 2 aliphatic rings. The molecule has 4 rings (SSSR count). The Balaban J connectivity index is 1.18. The molecule has 3 heterocycles. The summed E-state index contributed by atoms with van der Waals surface area (Å²) in [5.74, 6) is 3.44. The number of amides is 1. The first-order valence-corrected chi connectivity index (χ1v) is 12.0. The number of nitrogens with zero attached hydrogens (tertiary/aromatic N) is 4. The first kappa shape index (κ1) is 21.2. The van der Waals surface area contributed by atoms with Crippen molar-refractivity contribution in [1.29, 1.82) is 5.26 Å². The Labute approximate surface area is 182 Å². The molecule has 2 aliphatic heterocycles. The van der Waals surface area contributed by atoms with Gasteiger partial charge in [-0.2, -0.15) is 5.26 Å². The number of rotatable bonds is 7. The summed E-state index contributed by atoms with van der Waals surface area (Å²) in [6, 6.07) is 7.45. The van der Waals surface area contributed by atoms with Crippen molar-refractivity contribution in [3.63, 3.8) is 0 Å². The number of thioether (sulfide) groups is 1. The summed E-state index contributed by atoms with van der Waals surface area (Å²) in [7, 11) is 0. The molecule has 1 aromatic carbocycles. The van der Waals surface area contributed by atoms with Crippen LogP contribution in [0, 0.1) is 11.3 Å². The summed E-state index contributed by atoms with van der Waals surface area (Å²) in [6.07, 6.45) is 5.05. The molecule has 8 heteroatoms. The minimum Gasteiger partial charge on any atom is -0.342 e. The average molecular weight is 427 g/mol. The number of aromatic amines is 1. The van der Waals surface area contributed by atoms with Crippen molar-refractivity contribution in [2.45, 2.75) is 44.1 Å². The number of hydrogen-bond acceptors (Lipinski definition) is 6. The van der Waals surface area contributed by atoms with Crippen molar-refractivity contribution in [1.82, 2.24) is 19.8 Å². The van der Waals surface area contributed by atoms with Gasteiger partial charge in [0.1, 0.15) is 5.82 Å². The number of unbranched alkanes of at least 4 members (excludes halogenated alkanes) is 1. The van der Waals surface area contributed by atoms with Gasteiger partial charge in [0.15, 0.2) is 0 Å². The number of nitrogens with two attached hydrogens (primary N) is 1. The van der Waals surface area contributed by atoms with E-state index in [0.717, 1.165) is 86.8 Å². The van der Waals surface area contributed by atoms with Crippen LogP contribution in [0.4, 0.5) is 0 Å². The fraction of sp³-hybridized carbons (Fsp3) is 0.591. The third kappa shape index (κ3) is 4.97. The highest BCUT2D eigenvalue weighted by atomic mass is 32.2. The van der Waals surface area contributed by atoms with E-state index in [1.807, 2.05) is 23.1 Å². The molecule has 3 N–H and O–H groups in total. The molecule has 2 aromatic rings. The Morgan fingerprint density at radius 1 is 1.33 bits per heavy atom. The van der Waals surface area contributed by atoms with E-state index in [9.17, 15) is 4.79 Å². The Morgan fingerprint density at radius 2 is 2.17 bits per heavy atom. The number of aromatic nitrogens is 2. The smallest absolute Gasteiger partial charge is 0.240 e. The molecule has 1 unspecified atom stereocenters. The summed E-state index contributed by atoms with van der Waals surface area (Å²) >= 11 is 1.80. The highest BCUT2D eigenvalue weighted by Crippen LogP contribution is 2.28. The number of nitrogens with one attached hydrogen (secondary N) is 1. The number of fused-ring (bicyclic) bond motifs is 1. The van der Waals surface area contributed by atoms with E-state index in [2.05, 4.69) is 16.0 Å². The standard InChI is InChI=1S/C22H30N6OS/c23-14-16-4-5-19-20(13-16)26-21(25-19)17-6-9-27(10-7-17)8-2-1-3-18(24)22(29)28-11-12-30-15-28/h4-5,13,17-18H,1-3,6-12,15,24H2,(H,25,26). The number of carbonyl (C=O) groups is 1. The Kier molecular flexibility index (Phi) is 6.93. The predicted octanol–water partition coefficient (Wildman–Crippen LogP) is 2.64. The molecule has 2 fully saturated rings. The zero-order valence-electron chi connectivity index (χ0n) is 17.3. The van der Waals surface area contributed by atoms with Gasteiger partial charge >= 0.3 is 0 Å². The van der Waals surface area contributed by atoms with Crippen LogP contribution in [0.1, 0.15) is 49.4 Å². The van der Waals surface area contributed by atoms with E-state index in [-0.39, 0.29) is 11.9 Å². The van der Waals surface area contributed by atoms with E-state index in [1.54, 1.807) is 11.8 Å². The number of imidazole rings is 1. The van der Waals surface area contributed by atoms with Crippen LogP contribution < -0.4 is 5.73 Å². The van der Waals surface area contributed by atoms with Gasteiger partial charge in [-0.1, -0.05) is 6.42 Å². The van der Waals surface area contributed by atoms with Crippen molar-refractivity contribution in [3.05, 3.63) is 29.6 Å². The second-order valence-corrected chi connectivity index (χ2v) is 9.40. The van der Waals surface area contributed by atoms with Gasteiger partial charge in [-0.3, -0.25) is 4.79 Å². The highest BCUT2D eigenvalue weighted by molar-refractivity contribution is 7.99. The van der Waals surface area contributed by atoms with Crippen molar-refractivity contribution in [2.24, 2.45) is 5.73 Å². The fourth-order valence-corrected chi connectivity index (χ4v) is 5.32. The second kappa shape index (κ2) is 9.82. The summed E-state index contributed by atoms with van der Waals surface area (Å²) in [6.45, 7) is 4.05. The van der Waals surface area contributed by atoms with Crippen LogP contribution in [0.2, 0.25) is 0 Å².